The lowest BCUT2D eigenvalue weighted by Gasteiger charge is -2.29. The summed E-state index contributed by atoms with van der Waals surface area (Å²) in [6, 6.07) is 11.4. The van der Waals surface area contributed by atoms with Crippen molar-refractivity contribution in [1.82, 2.24) is 30.8 Å². The van der Waals surface area contributed by atoms with Gasteiger partial charge in [-0.3, -0.25) is 0 Å². The maximum absolute atomic E-state index is 13.6. The Kier molecular flexibility index (Phi) is 6.90. The molecular weight excluding hydrogens is 471 g/mol. The number of hydrogen-bond donors (Lipinski definition) is 2. The second-order valence-corrected chi connectivity index (χ2v) is 8.22. The summed E-state index contributed by atoms with van der Waals surface area (Å²) < 4.78 is 20.3. The Morgan fingerprint density at radius 1 is 1.27 bits per heavy atom. The Morgan fingerprint density at radius 2 is 2.06 bits per heavy atom. The van der Waals surface area contributed by atoms with Crippen molar-refractivity contribution in [3.63, 3.8) is 0 Å². The van der Waals surface area contributed by atoms with E-state index in [9.17, 15) is 14.0 Å². The molecule has 3 aromatic rings. The van der Waals surface area contributed by atoms with E-state index in [4.69, 9.17) is 16.3 Å². The Bertz CT molecular complexity index is 1220. The molecular formula is C21H18ClFN6O3S. The molecule has 1 aliphatic rings. The molecule has 1 unspecified atom stereocenters. The quantitative estimate of drug-likeness (QED) is 0.387. The monoisotopic (exact) mass is 488 g/mol. The van der Waals surface area contributed by atoms with Crippen LogP contribution in [-0.2, 0) is 9.53 Å². The van der Waals surface area contributed by atoms with E-state index in [1.807, 2.05) is 0 Å². The van der Waals surface area contributed by atoms with Crippen LogP contribution < -0.4 is 10.6 Å². The third-order valence-electron chi connectivity index (χ3n) is 4.69. The van der Waals surface area contributed by atoms with Gasteiger partial charge in [-0.1, -0.05) is 41.6 Å². The van der Waals surface area contributed by atoms with E-state index in [1.54, 1.807) is 43.3 Å². The summed E-state index contributed by atoms with van der Waals surface area (Å²) in [6.45, 7) is 1.87. The number of nitrogens with zero attached hydrogens (tertiary/aromatic N) is 4. The van der Waals surface area contributed by atoms with Crippen LogP contribution in [0.3, 0.4) is 0 Å². The zero-order chi connectivity index (χ0) is 23.4. The molecule has 0 saturated heterocycles. The molecule has 170 valence electrons. The van der Waals surface area contributed by atoms with Crippen LogP contribution in [0.4, 0.5) is 9.18 Å². The summed E-state index contributed by atoms with van der Waals surface area (Å²) in [4.78, 5) is 25.3. The van der Waals surface area contributed by atoms with Gasteiger partial charge in [0.1, 0.15) is 5.82 Å². The highest BCUT2D eigenvalue weighted by Gasteiger charge is 2.34. The molecule has 2 amide bonds. The Hall–Kier alpha value is -3.44. The van der Waals surface area contributed by atoms with Crippen LogP contribution in [0.5, 0.6) is 0 Å². The number of carbonyl (C=O) groups is 2. The lowest BCUT2D eigenvalue weighted by Crippen LogP contribution is -2.46. The fourth-order valence-electron chi connectivity index (χ4n) is 3.26. The number of halogens is 2. The second-order valence-electron chi connectivity index (χ2n) is 6.84. The number of esters is 1. The Balaban J connectivity index is 1.67. The lowest BCUT2D eigenvalue weighted by molar-refractivity contribution is -0.139. The van der Waals surface area contributed by atoms with Crippen LogP contribution in [0.25, 0.3) is 5.69 Å². The minimum absolute atomic E-state index is 0.154. The summed E-state index contributed by atoms with van der Waals surface area (Å²) in [7, 11) is 0. The van der Waals surface area contributed by atoms with Crippen molar-refractivity contribution in [2.75, 3.05) is 12.4 Å². The first kappa shape index (κ1) is 22.7. The van der Waals surface area contributed by atoms with E-state index < -0.39 is 23.9 Å². The number of benzene rings is 2. The van der Waals surface area contributed by atoms with E-state index in [0.717, 1.165) is 0 Å². The molecule has 1 aromatic heterocycles. The average Bonchev–Trinajstić information content (AvgIpc) is 3.26. The summed E-state index contributed by atoms with van der Waals surface area (Å²) in [5, 5.41) is 17.9. The molecule has 2 heterocycles. The molecule has 0 spiro atoms. The Labute approximate surface area is 197 Å². The van der Waals surface area contributed by atoms with Gasteiger partial charge < -0.3 is 15.4 Å². The number of rotatable bonds is 7. The van der Waals surface area contributed by atoms with Gasteiger partial charge in [0.25, 0.3) is 0 Å². The van der Waals surface area contributed by atoms with Crippen molar-refractivity contribution in [3.05, 3.63) is 76.2 Å². The molecule has 4 rings (SSSR count). The van der Waals surface area contributed by atoms with Gasteiger partial charge in [0.2, 0.25) is 5.16 Å². The predicted molar refractivity (Wildman–Crippen MR) is 119 cm³/mol. The van der Waals surface area contributed by atoms with Crippen molar-refractivity contribution in [1.29, 1.82) is 0 Å². The van der Waals surface area contributed by atoms with Crippen molar-refractivity contribution < 1.29 is 18.7 Å². The van der Waals surface area contributed by atoms with Gasteiger partial charge in [-0.05, 0) is 53.2 Å². The number of tetrazole rings is 1. The van der Waals surface area contributed by atoms with Gasteiger partial charge in [-0.25, -0.2) is 14.0 Å². The van der Waals surface area contributed by atoms with Gasteiger partial charge in [-0.15, -0.1) is 5.10 Å². The Morgan fingerprint density at radius 3 is 2.79 bits per heavy atom. The first-order valence-electron chi connectivity index (χ1n) is 9.86. The highest BCUT2D eigenvalue weighted by Crippen LogP contribution is 2.31. The normalized spacial score (nSPS) is 15.7. The number of hydrogen-bond acceptors (Lipinski definition) is 7. The largest absolute Gasteiger partial charge is 0.463 e. The van der Waals surface area contributed by atoms with E-state index in [0.29, 0.717) is 27.1 Å². The lowest BCUT2D eigenvalue weighted by atomic mass is 9.95. The number of ether oxygens (including phenoxy) is 1. The van der Waals surface area contributed by atoms with Gasteiger partial charge in [0, 0.05) is 16.5 Å². The average molecular weight is 489 g/mol. The summed E-state index contributed by atoms with van der Waals surface area (Å²) in [5.74, 6) is -0.839. The van der Waals surface area contributed by atoms with Crippen LogP contribution in [0, 0.1) is 5.82 Å². The number of aromatic nitrogens is 4. The van der Waals surface area contributed by atoms with Crippen LogP contribution in [0.1, 0.15) is 18.5 Å². The maximum atomic E-state index is 13.6. The maximum Gasteiger partial charge on any atom is 0.338 e. The van der Waals surface area contributed by atoms with E-state index in [-0.39, 0.29) is 17.9 Å². The van der Waals surface area contributed by atoms with Crippen LogP contribution >= 0.6 is 23.4 Å². The molecule has 1 atom stereocenters. The van der Waals surface area contributed by atoms with Gasteiger partial charge in [0.05, 0.1) is 23.9 Å². The molecule has 0 saturated carbocycles. The van der Waals surface area contributed by atoms with Gasteiger partial charge >= 0.3 is 12.0 Å². The topological polar surface area (TPSA) is 111 Å². The van der Waals surface area contributed by atoms with E-state index >= 15 is 0 Å². The molecule has 0 bridgehead atoms. The highest BCUT2D eigenvalue weighted by molar-refractivity contribution is 7.99. The molecule has 12 heteroatoms. The minimum atomic E-state index is -0.732. The van der Waals surface area contributed by atoms with E-state index in [1.165, 1.54) is 28.6 Å². The third-order valence-corrected chi connectivity index (χ3v) is 5.89. The van der Waals surface area contributed by atoms with Crippen molar-refractivity contribution >= 4 is 35.4 Å². The SMILES string of the molecule is CCOC(=O)C1=C(CSc2nnnn2-c2cccc(F)c2)NC(=O)NC1c1ccc(Cl)cc1. The minimum Gasteiger partial charge on any atom is -0.463 e. The van der Waals surface area contributed by atoms with Crippen LogP contribution in [0.2, 0.25) is 5.02 Å². The third kappa shape index (κ3) is 5.15. The van der Waals surface area contributed by atoms with Crippen molar-refractivity contribution in [2.24, 2.45) is 0 Å². The molecule has 2 aromatic carbocycles. The molecule has 0 fully saturated rings. The van der Waals surface area contributed by atoms with Crippen molar-refractivity contribution in [3.8, 4) is 5.69 Å². The number of urea groups is 1. The fraction of sp³-hybridized carbons (Fsp3) is 0.190. The number of carbonyl (C=O) groups excluding carboxylic acids is 2. The molecule has 33 heavy (non-hydrogen) atoms. The fourth-order valence-corrected chi connectivity index (χ4v) is 4.25. The zero-order valence-electron chi connectivity index (χ0n) is 17.3. The molecule has 0 aliphatic carbocycles. The number of nitrogens with one attached hydrogen (secondary N) is 2. The summed E-state index contributed by atoms with van der Waals surface area (Å²) >= 11 is 7.16. The van der Waals surface area contributed by atoms with E-state index in [2.05, 4.69) is 26.2 Å². The van der Waals surface area contributed by atoms with Crippen LogP contribution in [0.15, 0.2) is 65.0 Å². The van der Waals surface area contributed by atoms with Gasteiger partial charge in [-0.2, -0.15) is 4.68 Å². The second kappa shape index (κ2) is 10.0. The van der Waals surface area contributed by atoms with Crippen molar-refractivity contribution in [2.45, 2.75) is 18.1 Å². The number of thioether (sulfide) groups is 1. The molecule has 0 radical (unpaired) electrons. The summed E-state index contributed by atoms with van der Waals surface area (Å²) in [5.41, 5.74) is 1.73. The first-order chi connectivity index (χ1) is 16.0. The smallest absolute Gasteiger partial charge is 0.338 e. The number of amides is 2. The first-order valence-corrected chi connectivity index (χ1v) is 11.2. The van der Waals surface area contributed by atoms with Gasteiger partial charge in [0.15, 0.2) is 0 Å². The highest BCUT2D eigenvalue weighted by atomic mass is 35.5. The zero-order valence-corrected chi connectivity index (χ0v) is 18.9. The molecule has 2 N–H and O–H groups in total. The molecule has 9 nitrogen and oxygen atoms in total. The van der Waals surface area contributed by atoms with Crippen LogP contribution in [-0.4, -0.2) is 44.6 Å². The predicted octanol–water partition coefficient (Wildman–Crippen LogP) is 3.42. The molecule has 1 aliphatic heterocycles. The summed E-state index contributed by atoms with van der Waals surface area (Å²) in [6.07, 6.45) is 0. The standard InChI is InChI=1S/C21H18ClFN6O3S/c1-2-32-19(30)17-16(24-20(31)25-18(17)12-6-8-13(22)9-7-12)11-33-21-26-27-28-29(21)15-5-3-4-14(23)10-15/h3-10,18H,2,11H2,1H3,(H2,24,25,31).